The Balaban J connectivity index is 4.14. The standard InChI is InChI=1S/C11H25N3O2/c1-13(2)11(15)8-14(3)10(9-16-4)6-5-7-12/h10H,5-9,12H2,1-4H3. The molecule has 96 valence electrons. The molecule has 1 amide bonds. The number of methoxy groups -OCH3 is 1. The van der Waals surface area contributed by atoms with E-state index in [1.54, 1.807) is 26.1 Å². The van der Waals surface area contributed by atoms with Crippen molar-refractivity contribution < 1.29 is 9.53 Å². The van der Waals surface area contributed by atoms with E-state index in [2.05, 4.69) is 0 Å². The largest absolute Gasteiger partial charge is 0.383 e. The van der Waals surface area contributed by atoms with Crippen LogP contribution in [0.25, 0.3) is 0 Å². The Bertz CT molecular complexity index is 198. The van der Waals surface area contributed by atoms with E-state index in [4.69, 9.17) is 10.5 Å². The summed E-state index contributed by atoms with van der Waals surface area (Å²) in [6.07, 6.45) is 1.91. The van der Waals surface area contributed by atoms with Crippen molar-refractivity contribution in [3.63, 3.8) is 0 Å². The molecule has 0 bridgehead atoms. The lowest BCUT2D eigenvalue weighted by atomic mass is 10.1. The Kier molecular flexibility index (Phi) is 8.15. The zero-order valence-corrected chi connectivity index (χ0v) is 10.9. The molecule has 5 heteroatoms. The molecule has 5 nitrogen and oxygen atoms in total. The monoisotopic (exact) mass is 231 g/mol. The topological polar surface area (TPSA) is 58.8 Å². The van der Waals surface area contributed by atoms with Gasteiger partial charge in [-0.2, -0.15) is 0 Å². The van der Waals surface area contributed by atoms with Gasteiger partial charge in [-0.05, 0) is 26.4 Å². The van der Waals surface area contributed by atoms with Crippen molar-refractivity contribution in [1.82, 2.24) is 9.80 Å². The van der Waals surface area contributed by atoms with Gasteiger partial charge in [0.15, 0.2) is 0 Å². The van der Waals surface area contributed by atoms with E-state index in [0.717, 1.165) is 12.8 Å². The highest BCUT2D eigenvalue weighted by Gasteiger charge is 2.17. The summed E-state index contributed by atoms with van der Waals surface area (Å²) in [4.78, 5) is 15.2. The lowest BCUT2D eigenvalue weighted by Crippen LogP contribution is -2.42. The fourth-order valence-electron chi connectivity index (χ4n) is 1.46. The van der Waals surface area contributed by atoms with E-state index in [0.29, 0.717) is 19.7 Å². The summed E-state index contributed by atoms with van der Waals surface area (Å²) in [6.45, 7) is 1.73. The first-order valence-corrected chi connectivity index (χ1v) is 5.62. The van der Waals surface area contributed by atoms with Gasteiger partial charge in [0.25, 0.3) is 0 Å². The van der Waals surface area contributed by atoms with Crippen LogP contribution in [0.4, 0.5) is 0 Å². The van der Waals surface area contributed by atoms with Gasteiger partial charge >= 0.3 is 0 Å². The van der Waals surface area contributed by atoms with Crippen molar-refractivity contribution in [2.75, 3.05) is 47.9 Å². The van der Waals surface area contributed by atoms with Crippen molar-refractivity contribution in [3.05, 3.63) is 0 Å². The number of hydrogen-bond donors (Lipinski definition) is 1. The Morgan fingerprint density at radius 1 is 1.38 bits per heavy atom. The molecule has 0 heterocycles. The highest BCUT2D eigenvalue weighted by molar-refractivity contribution is 5.77. The Labute approximate surface area is 98.5 Å². The van der Waals surface area contributed by atoms with Crippen LogP contribution in [0.5, 0.6) is 0 Å². The lowest BCUT2D eigenvalue weighted by Gasteiger charge is -2.27. The maximum Gasteiger partial charge on any atom is 0.236 e. The molecule has 1 unspecified atom stereocenters. The van der Waals surface area contributed by atoms with Crippen LogP contribution in [-0.2, 0) is 9.53 Å². The molecule has 0 aromatic heterocycles. The van der Waals surface area contributed by atoms with Crippen molar-refractivity contribution >= 4 is 5.91 Å². The quantitative estimate of drug-likeness (QED) is 0.626. The highest BCUT2D eigenvalue weighted by atomic mass is 16.5. The molecule has 0 aromatic carbocycles. The number of carbonyl (C=O) groups is 1. The molecular formula is C11H25N3O2. The molecule has 0 aromatic rings. The van der Waals surface area contributed by atoms with Gasteiger partial charge in [-0.3, -0.25) is 9.69 Å². The third-order valence-electron chi connectivity index (χ3n) is 2.61. The second-order valence-corrected chi connectivity index (χ2v) is 4.24. The van der Waals surface area contributed by atoms with Crippen LogP contribution < -0.4 is 5.73 Å². The average molecular weight is 231 g/mol. The second kappa shape index (κ2) is 8.50. The number of rotatable bonds is 8. The van der Waals surface area contributed by atoms with Crippen LogP contribution >= 0.6 is 0 Å². The SMILES string of the molecule is COCC(CCCN)N(C)CC(=O)N(C)C. The summed E-state index contributed by atoms with van der Waals surface area (Å²) < 4.78 is 5.16. The Morgan fingerprint density at radius 3 is 2.44 bits per heavy atom. The lowest BCUT2D eigenvalue weighted by molar-refractivity contribution is -0.130. The van der Waals surface area contributed by atoms with Crippen LogP contribution in [0.3, 0.4) is 0 Å². The molecule has 0 radical (unpaired) electrons. The van der Waals surface area contributed by atoms with Gasteiger partial charge in [-0.1, -0.05) is 0 Å². The van der Waals surface area contributed by atoms with Crippen molar-refractivity contribution in [2.24, 2.45) is 5.73 Å². The maximum absolute atomic E-state index is 11.6. The van der Waals surface area contributed by atoms with Gasteiger partial charge in [0.2, 0.25) is 5.91 Å². The first kappa shape index (κ1) is 15.3. The first-order valence-electron chi connectivity index (χ1n) is 5.62. The summed E-state index contributed by atoms with van der Waals surface area (Å²) in [5, 5.41) is 0. The molecule has 0 fully saturated rings. The van der Waals surface area contributed by atoms with Gasteiger partial charge in [0, 0.05) is 27.2 Å². The van der Waals surface area contributed by atoms with Gasteiger partial charge in [-0.25, -0.2) is 0 Å². The Morgan fingerprint density at radius 2 is 2.00 bits per heavy atom. The van der Waals surface area contributed by atoms with Crippen LogP contribution in [0.2, 0.25) is 0 Å². The average Bonchev–Trinajstić information content (AvgIpc) is 2.23. The first-order chi connectivity index (χ1) is 7.52. The predicted octanol–water partition coefficient (Wildman–Crippen LogP) is -0.240. The van der Waals surface area contributed by atoms with E-state index in [1.165, 1.54) is 0 Å². The summed E-state index contributed by atoms with van der Waals surface area (Å²) in [5.74, 6) is 0.108. The summed E-state index contributed by atoms with van der Waals surface area (Å²) >= 11 is 0. The third kappa shape index (κ3) is 6.05. The molecular weight excluding hydrogens is 206 g/mol. The fraction of sp³-hybridized carbons (Fsp3) is 0.909. The highest BCUT2D eigenvalue weighted by Crippen LogP contribution is 2.05. The Hall–Kier alpha value is -0.650. The second-order valence-electron chi connectivity index (χ2n) is 4.24. The molecule has 0 saturated heterocycles. The van der Waals surface area contributed by atoms with E-state index < -0.39 is 0 Å². The van der Waals surface area contributed by atoms with Crippen molar-refractivity contribution in [3.8, 4) is 0 Å². The number of ether oxygens (including phenoxy) is 1. The molecule has 0 rings (SSSR count). The van der Waals surface area contributed by atoms with E-state index in [9.17, 15) is 4.79 Å². The number of hydrogen-bond acceptors (Lipinski definition) is 4. The maximum atomic E-state index is 11.6. The van der Waals surface area contributed by atoms with Crippen molar-refractivity contribution in [1.29, 1.82) is 0 Å². The molecule has 1 atom stereocenters. The van der Waals surface area contributed by atoms with E-state index in [1.807, 2.05) is 11.9 Å². The minimum absolute atomic E-state index is 0.108. The number of carbonyl (C=O) groups excluding carboxylic acids is 1. The van der Waals surface area contributed by atoms with Crippen molar-refractivity contribution in [2.45, 2.75) is 18.9 Å². The zero-order chi connectivity index (χ0) is 12.6. The minimum Gasteiger partial charge on any atom is -0.383 e. The molecule has 0 aliphatic carbocycles. The minimum atomic E-state index is 0.108. The van der Waals surface area contributed by atoms with Gasteiger partial charge in [0.05, 0.1) is 13.2 Å². The van der Waals surface area contributed by atoms with Crippen LogP contribution in [-0.4, -0.2) is 69.7 Å². The third-order valence-corrected chi connectivity index (χ3v) is 2.61. The molecule has 0 aliphatic rings. The van der Waals surface area contributed by atoms with Crippen LogP contribution in [0, 0.1) is 0 Å². The summed E-state index contributed by atoms with van der Waals surface area (Å²) in [6, 6.07) is 0.262. The smallest absolute Gasteiger partial charge is 0.236 e. The number of likely N-dealkylation sites (N-methyl/N-ethyl adjacent to an activating group) is 2. The van der Waals surface area contributed by atoms with Gasteiger partial charge in [0.1, 0.15) is 0 Å². The number of amides is 1. The predicted molar refractivity (Wildman–Crippen MR) is 65.3 cm³/mol. The van der Waals surface area contributed by atoms with E-state index in [-0.39, 0.29) is 11.9 Å². The molecule has 2 N–H and O–H groups in total. The molecule has 16 heavy (non-hydrogen) atoms. The molecule has 0 saturated carbocycles. The molecule has 0 spiro atoms. The summed E-state index contributed by atoms with van der Waals surface area (Å²) in [7, 11) is 7.15. The van der Waals surface area contributed by atoms with Crippen LogP contribution in [0.15, 0.2) is 0 Å². The van der Waals surface area contributed by atoms with Gasteiger partial charge in [-0.15, -0.1) is 0 Å². The number of nitrogens with zero attached hydrogens (tertiary/aromatic N) is 2. The van der Waals surface area contributed by atoms with E-state index >= 15 is 0 Å². The van der Waals surface area contributed by atoms with Gasteiger partial charge < -0.3 is 15.4 Å². The fourth-order valence-corrected chi connectivity index (χ4v) is 1.46. The number of nitrogens with two attached hydrogens (primary N) is 1. The van der Waals surface area contributed by atoms with Crippen LogP contribution in [0.1, 0.15) is 12.8 Å². The zero-order valence-electron chi connectivity index (χ0n) is 10.9. The normalized spacial score (nSPS) is 12.9. The molecule has 0 aliphatic heterocycles. The summed E-state index contributed by atoms with van der Waals surface area (Å²) in [5.41, 5.74) is 5.49.